The highest BCUT2D eigenvalue weighted by molar-refractivity contribution is 7.09. The van der Waals surface area contributed by atoms with E-state index in [9.17, 15) is 5.11 Å². The van der Waals surface area contributed by atoms with Crippen LogP contribution in [-0.4, -0.2) is 38.6 Å². The normalized spacial score (nSPS) is 11.2. The van der Waals surface area contributed by atoms with Crippen LogP contribution in [0.25, 0.3) is 11.3 Å². The summed E-state index contributed by atoms with van der Waals surface area (Å²) in [6.45, 7) is 2.20. The number of thiophene rings is 1. The summed E-state index contributed by atoms with van der Waals surface area (Å²) < 4.78 is 0. The predicted octanol–water partition coefficient (Wildman–Crippen LogP) is 2.53. The van der Waals surface area contributed by atoms with Crippen LogP contribution in [0, 0.1) is 0 Å². The lowest BCUT2D eigenvalue weighted by atomic mass is 10.1. The molecule has 5 nitrogen and oxygen atoms in total. The summed E-state index contributed by atoms with van der Waals surface area (Å²) in [6, 6.07) is 14.2. The lowest BCUT2D eigenvalue weighted by Crippen LogP contribution is -2.26. The fourth-order valence-electron chi connectivity index (χ4n) is 2.38. The number of nitrogens with one attached hydrogen (secondary N) is 1. The maximum Gasteiger partial charge on any atom is 0.117 e. The molecule has 0 unspecified atom stereocenters. The Bertz CT molecular complexity index is 681. The SMILES string of the molecule is OCCN(Cc1cccs1)Cc1n[nH]nc1-c1ccccc1. The van der Waals surface area contributed by atoms with Crippen LogP contribution in [0.5, 0.6) is 0 Å². The zero-order chi connectivity index (χ0) is 15.2. The van der Waals surface area contributed by atoms with Gasteiger partial charge in [-0.3, -0.25) is 4.90 Å². The summed E-state index contributed by atoms with van der Waals surface area (Å²) >= 11 is 1.72. The number of hydrogen-bond donors (Lipinski definition) is 2. The zero-order valence-corrected chi connectivity index (χ0v) is 13.0. The van der Waals surface area contributed by atoms with E-state index < -0.39 is 0 Å². The second kappa shape index (κ2) is 7.31. The molecule has 2 heterocycles. The van der Waals surface area contributed by atoms with Crippen molar-refractivity contribution in [3.8, 4) is 11.3 Å². The standard InChI is InChI=1S/C16H18N4OS/c21-9-8-20(11-14-7-4-10-22-14)12-15-16(18-19-17-15)13-5-2-1-3-6-13/h1-7,10,21H,8-9,11-12H2,(H,17,18,19). The van der Waals surface area contributed by atoms with E-state index in [2.05, 4.69) is 31.8 Å². The molecule has 0 saturated carbocycles. The Morgan fingerprint density at radius 2 is 1.91 bits per heavy atom. The molecule has 3 aromatic rings. The van der Waals surface area contributed by atoms with Crippen molar-refractivity contribution in [1.82, 2.24) is 20.3 Å². The minimum Gasteiger partial charge on any atom is -0.395 e. The molecule has 0 spiro atoms. The first-order chi connectivity index (χ1) is 10.9. The van der Waals surface area contributed by atoms with Crippen LogP contribution in [-0.2, 0) is 13.1 Å². The number of rotatable bonds is 7. The van der Waals surface area contributed by atoms with Crippen molar-refractivity contribution in [3.05, 3.63) is 58.4 Å². The second-order valence-corrected chi connectivity index (χ2v) is 6.03. The number of aromatic nitrogens is 3. The quantitative estimate of drug-likeness (QED) is 0.703. The molecule has 114 valence electrons. The largest absolute Gasteiger partial charge is 0.395 e. The van der Waals surface area contributed by atoms with Crippen molar-refractivity contribution < 1.29 is 5.11 Å². The fraction of sp³-hybridized carbons (Fsp3) is 0.250. The molecular weight excluding hydrogens is 296 g/mol. The van der Waals surface area contributed by atoms with Gasteiger partial charge in [-0.15, -0.1) is 11.3 Å². The molecule has 0 aliphatic carbocycles. The van der Waals surface area contributed by atoms with Gasteiger partial charge in [0.25, 0.3) is 0 Å². The lowest BCUT2D eigenvalue weighted by Gasteiger charge is -2.19. The van der Waals surface area contributed by atoms with Crippen LogP contribution in [0.2, 0.25) is 0 Å². The summed E-state index contributed by atoms with van der Waals surface area (Å²) in [5, 5.41) is 22.6. The van der Waals surface area contributed by atoms with Crippen molar-refractivity contribution >= 4 is 11.3 Å². The van der Waals surface area contributed by atoms with Crippen molar-refractivity contribution in [2.75, 3.05) is 13.2 Å². The third-order valence-corrected chi connectivity index (χ3v) is 4.28. The van der Waals surface area contributed by atoms with Crippen LogP contribution in [0.4, 0.5) is 0 Å². The monoisotopic (exact) mass is 314 g/mol. The van der Waals surface area contributed by atoms with Gasteiger partial charge in [-0.05, 0) is 11.4 Å². The summed E-state index contributed by atoms with van der Waals surface area (Å²) in [6.07, 6.45) is 0. The smallest absolute Gasteiger partial charge is 0.117 e. The first kappa shape index (κ1) is 14.9. The molecule has 0 fully saturated rings. The zero-order valence-electron chi connectivity index (χ0n) is 12.1. The number of H-pyrrole nitrogens is 1. The Kier molecular flexibility index (Phi) is 4.95. The van der Waals surface area contributed by atoms with E-state index in [4.69, 9.17) is 0 Å². The van der Waals surface area contributed by atoms with Gasteiger partial charge >= 0.3 is 0 Å². The Morgan fingerprint density at radius 1 is 1.05 bits per heavy atom. The molecule has 22 heavy (non-hydrogen) atoms. The fourth-order valence-corrected chi connectivity index (χ4v) is 3.13. The molecule has 0 aliphatic rings. The highest BCUT2D eigenvalue weighted by Crippen LogP contribution is 2.21. The average molecular weight is 314 g/mol. The molecule has 2 aromatic heterocycles. The van der Waals surface area contributed by atoms with Gasteiger partial charge in [0, 0.05) is 30.1 Å². The van der Waals surface area contributed by atoms with Gasteiger partial charge < -0.3 is 5.11 Å². The van der Waals surface area contributed by atoms with Crippen molar-refractivity contribution in [2.24, 2.45) is 0 Å². The third-order valence-electron chi connectivity index (χ3n) is 3.42. The molecule has 0 aliphatic heterocycles. The number of hydrogen-bond acceptors (Lipinski definition) is 5. The van der Waals surface area contributed by atoms with Gasteiger partial charge in [0.2, 0.25) is 0 Å². The number of benzene rings is 1. The number of aliphatic hydroxyl groups is 1. The summed E-state index contributed by atoms with van der Waals surface area (Å²) in [4.78, 5) is 3.45. The second-order valence-electron chi connectivity index (χ2n) is 5.00. The minimum atomic E-state index is 0.129. The van der Waals surface area contributed by atoms with Crippen LogP contribution in [0.15, 0.2) is 47.8 Å². The predicted molar refractivity (Wildman–Crippen MR) is 87.3 cm³/mol. The van der Waals surface area contributed by atoms with Crippen molar-refractivity contribution in [1.29, 1.82) is 0 Å². The molecule has 3 rings (SSSR count). The van der Waals surface area contributed by atoms with E-state index in [1.807, 2.05) is 36.4 Å². The molecule has 0 atom stereocenters. The molecular formula is C16H18N4OS. The van der Waals surface area contributed by atoms with Gasteiger partial charge in [0.05, 0.1) is 6.61 Å². The van der Waals surface area contributed by atoms with Gasteiger partial charge in [-0.1, -0.05) is 36.4 Å². The van der Waals surface area contributed by atoms with Crippen molar-refractivity contribution in [2.45, 2.75) is 13.1 Å². The number of nitrogens with zero attached hydrogens (tertiary/aromatic N) is 3. The maximum atomic E-state index is 9.30. The van der Waals surface area contributed by atoms with E-state index in [1.165, 1.54) is 4.88 Å². The topological polar surface area (TPSA) is 65.0 Å². The number of aromatic amines is 1. The summed E-state index contributed by atoms with van der Waals surface area (Å²) in [7, 11) is 0. The molecule has 0 radical (unpaired) electrons. The van der Waals surface area contributed by atoms with Gasteiger partial charge in [-0.25, -0.2) is 0 Å². The van der Waals surface area contributed by atoms with Crippen LogP contribution >= 0.6 is 11.3 Å². The first-order valence-corrected chi connectivity index (χ1v) is 8.05. The van der Waals surface area contributed by atoms with E-state index >= 15 is 0 Å². The third kappa shape index (κ3) is 3.59. The van der Waals surface area contributed by atoms with Crippen molar-refractivity contribution in [3.63, 3.8) is 0 Å². The van der Waals surface area contributed by atoms with Crippen LogP contribution < -0.4 is 0 Å². The first-order valence-electron chi connectivity index (χ1n) is 7.17. The Labute approximate surface area is 133 Å². The van der Waals surface area contributed by atoms with E-state index in [-0.39, 0.29) is 6.61 Å². The molecule has 2 N–H and O–H groups in total. The molecule has 0 bridgehead atoms. The summed E-state index contributed by atoms with van der Waals surface area (Å²) in [5.74, 6) is 0. The average Bonchev–Trinajstić information content (AvgIpc) is 3.20. The molecule has 0 saturated heterocycles. The maximum absolute atomic E-state index is 9.30. The molecule has 0 amide bonds. The highest BCUT2D eigenvalue weighted by atomic mass is 32.1. The highest BCUT2D eigenvalue weighted by Gasteiger charge is 2.14. The Balaban J connectivity index is 1.77. The van der Waals surface area contributed by atoms with Gasteiger partial charge in [0.15, 0.2) is 0 Å². The Hall–Kier alpha value is -2.02. The number of aliphatic hydroxyl groups excluding tert-OH is 1. The van der Waals surface area contributed by atoms with E-state index in [0.29, 0.717) is 13.1 Å². The Morgan fingerprint density at radius 3 is 2.64 bits per heavy atom. The minimum absolute atomic E-state index is 0.129. The van der Waals surface area contributed by atoms with E-state index in [1.54, 1.807) is 11.3 Å². The van der Waals surface area contributed by atoms with Gasteiger partial charge in [-0.2, -0.15) is 15.4 Å². The summed E-state index contributed by atoms with van der Waals surface area (Å²) in [5.41, 5.74) is 2.82. The van der Waals surface area contributed by atoms with E-state index in [0.717, 1.165) is 23.5 Å². The van der Waals surface area contributed by atoms with Crippen LogP contribution in [0.3, 0.4) is 0 Å². The lowest BCUT2D eigenvalue weighted by molar-refractivity contribution is 0.184. The van der Waals surface area contributed by atoms with Crippen LogP contribution in [0.1, 0.15) is 10.6 Å². The molecule has 1 aromatic carbocycles. The molecule has 6 heteroatoms. The van der Waals surface area contributed by atoms with Gasteiger partial charge in [0.1, 0.15) is 11.4 Å².